The van der Waals surface area contributed by atoms with Crippen molar-refractivity contribution in [2.24, 2.45) is 0 Å². The molecule has 0 fully saturated rings. The third kappa shape index (κ3) is 4.46. The molecule has 0 aliphatic carbocycles. The van der Waals surface area contributed by atoms with Gasteiger partial charge in [0.05, 0.1) is 6.61 Å². The largest absolute Gasteiger partial charge is 0.463 e. The number of hydrogen-bond donors (Lipinski definition) is 0. The average molecular weight is 318 g/mol. The normalized spacial score (nSPS) is 10.8. The van der Waals surface area contributed by atoms with Gasteiger partial charge in [0.15, 0.2) is 0 Å². The van der Waals surface area contributed by atoms with Crippen molar-refractivity contribution in [3.05, 3.63) is 58.7 Å². The van der Waals surface area contributed by atoms with Crippen molar-refractivity contribution in [3.8, 4) is 11.5 Å². The Hall–Kier alpha value is -1.57. The fraction of sp³-hybridized carbons (Fsp3) is 0.333. The van der Waals surface area contributed by atoms with Crippen molar-refractivity contribution in [2.75, 3.05) is 6.61 Å². The van der Waals surface area contributed by atoms with Crippen LogP contribution in [0, 0.1) is 27.7 Å². The Morgan fingerprint density at radius 1 is 0.773 bits per heavy atom. The van der Waals surface area contributed by atoms with Crippen LogP contribution in [0.2, 0.25) is 0 Å². The van der Waals surface area contributed by atoms with E-state index in [0.717, 1.165) is 22.6 Å². The minimum absolute atomic E-state index is 0.543. The highest BCUT2D eigenvalue weighted by atomic mass is 31.2. The Morgan fingerprint density at radius 3 is 1.59 bits per heavy atom. The molecule has 22 heavy (non-hydrogen) atoms. The van der Waals surface area contributed by atoms with Gasteiger partial charge in [0.25, 0.3) is 0 Å². The highest BCUT2D eigenvalue weighted by Crippen LogP contribution is 2.43. The summed E-state index contributed by atoms with van der Waals surface area (Å²) in [4.78, 5) is 0. The van der Waals surface area contributed by atoms with E-state index in [1.165, 1.54) is 11.1 Å². The van der Waals surface area contributed by atoms with E-state index in [-0.39, 0.29) is 0 Å². The third-order valence-corrected chi connectivity index (χ3v) is 4.40. The summed E-state index contributed by atoms with van der Waals surface area (Å²) < 4.78 is 17.5. The van der Waals surface area contributed by atoms with E-state index in [4.69, 9.17) is 13.6 Å². The van der Waals surface area contributed by atoms with Gasteiger partial charge in [-0.15, -0.1) is 0 Å². The van der Waals surface area contributed by atoms with Crippen LogP contribution < -0.4 is 9.05 Å². The lowest BCUT2D eigenvalue weighted by molar-refractivity contribution is 0.279. The van der Waals surface area contributed by atoms with Gasteiger partial charge in [0.1, 0.15) is 11.5 Å². The molecule has 0 saturated carbocycles. The molecule has 0 aromatic heterocycles. The first-order valence-electron chi connectivity index (χ1n) is 7.43. The van der Waals surface area contributed by atoms with Crippen LogP contribution in [0.1, 0.15) is 29.2 Å². The monoisotopic (exact) mass is 318 g/mol. The molecule has 0 heterocycles. The van der Waals surface area contributed by atoms with Crippen LogP contribution in [-0.2, 0) is 4.52 Å². The summed E-state index contributed by atoms with van der Waals surface area (Å²) in [5.41, 5.74) is 4.58. The minimum Gasteiger partial charge on any atom is -0.417 e. The highest BCUT2D eigenvalue weighted by Gasteiger charge is 2.18. The summed E-state index contributed by atoms with van der Waals surface area (Å²) in [5, 5.41) is 0. The molecule has 4 heteroatoms. The van der Waals surface area contributed by atoms with E-state index in [9.17, 15) is 0 Å². The third-order valence-electron chi connectivity index (χ3n) is 3.24. The average Bonchev–Trinajstić information content (AvgIpc) is 2.45. The smallest absolute Gasteiger partial charge is 0.417 e. The predicted octanol–water partition coefficient (Wildman–Crippen LogP) is 5.64. The topological polar surface area (TPSA) is 27.7 Å². The van der Waals surface area contributed by atoms with Gasteiger partial charge in [-0.05, 0) is 57.9 Å². The first-order chi connectivity index (χ1) is 10.5. The molecule has 0 N–H and O–H groups in total. The second-order valence-corrected chi connectivity index (χ2v) is 6.43. The molecular formula is C18H23O3P. The van der Waals surface area contributed by atoms with Gasteiger partial charge in [0.2, 0.25) is 0 Å². The molecule has 0 unspecified atom stereocenters. The van der Waals surface area contributed by atoms with Crippen LogP contribution >= 0.6 is 8.60 Å². The standard InChI is InChI=1S/C18H23O3P/c1-6-19-22(20-17-9-7-13(2)11-15(17)4)21-18-10-8-14(3)12-16(18)5/h7-12H,6H2,1-5H3. The van der Waals surface area contributed by atoms with E-state index < -0.39 is 8.60 Å². The summed E-state index contributed by atoms with van der Waals surface area (Å²) >= 11 is 0. The van der Waals surface area contributed by atoms with Gasteiger partial charge in [-0.25, -0.2) is 0 Å². The second kappa shape index (κ2) is 7.62. The number of rotatable bonds is 6. The Balaban J connectivity index is 2.15. The van der Waals surface area contributed by atoms with E-state index in [0.29, 0.717) is 6.61 Å². The van der Waals surface area contributed by atoms with Crippen molar-refractivity contribution >= 4 is 8.60 Å². The summed E-state index contributed by atoms with van der Waals surface area (Å²) in [6, 6.07) is 12.2. The Kier molecular flexibility index (Phi) is 5.82. The molecule has 3 nitrogen and oxygen atoms in total. The molecule has 0 radical (unpaired) electrons. The van der Waals surface area contributed by atoms with Gasteiger partial charge in [-0.3, -0.25) is 4.52 Å². The van der Waals surface area contributed by atoms with Gasteiger partial charge < -0.3 is 9.05 Å². The van der Waals surface area contributed by atoms with Crippen LogP contribution in [0.3, 0.4) is 0 Å². The maximum Gasteiger partial charge on any atom is 0.463 e. The van der Waals surface area contributed by atoms with E-state index in [1.807, 2.05) is 45.0 Å². The van der Waals surface area contributed by atoms with Gasteiger partial charge >= 0.3 is 8.60 Å². The maximum atomic E-state index is 5.95. The molecular weight excluding hydrogens is 295 g/mol. The van der Waals surface area contributed by atoms with Crippen molar-refractivity contribution in [1.29, 1.82) is 0 Å². The van der Waals surface area contributed by atoms with Crippen LogP contribution in [0.4, 0.5) is 0 Å². The molecule has 0 saturated heterocycles. The molecule has 2 aromatic rings. The maximum absolute atomic E-state index is 5.95. The van der Waals surface area contributed by atoms with Crippen molar-refractivity contribution in [1.82, 2.24) is 0 Å². The van der Waals surface area contributed by atoms with Crippen LogP contribution in [0.15, 0.2) is 36.4 Å². The highest BCUT2D eigenvalue weighted by molar-refractivity contribution is 7.42. The number of benzene rings is 2. The molecule has 2 rings (SSSR count). The molecule has 0 bridgehead atoms. The molecule has 0 spiro atoms. The summed E-state index contributed by atoms with van der Waals surface area (Å²) in [7, 11) is -1.47. The molecule has 2 aromatic carbocycles. The van der Waals surface area contributed by atoms with Crippen LogP contribution in [-0.4, -0.2) is 6.61 Å². The zero-order valence-corrected chi connectivity index (χ0v) is 14.7. The second-order valence-electron chi connectivity index (χ2n) is 5.36. The zero-order chi connectivity index (χ0) is 16.1. The first kappa shape index (κ1) is 16.8. The molecule has 0 aliphatic rings. The fourth-order valence-corrected chi connectivity index (χ4v) is 3.23. The van der Waals surface area contributed by atoms with E-state index in [2.05, 4.69) is 26.0 Å². The van der Waals surface area contributed by atoms with Crippen LogP contribution in [0.25, 0.3) is 0 Å². The Labute approximate surface area is 134 Å². The lowest BCUT2D eigenvalue weighted by Crippen LogP contribution is -2.02. The number of hydrogen-bond acceptors (Lipinski definition) is 3. The molecule has 0 amide bonds. The lowest BCUT2D eigenvalue weighted by atomic mass is 10.1. The predicted molar refractivity (Wildman–Crippen MR) is 91.6 cm³/mol. The van der Waals surface area contributed by atoms with E-state index in [1.54, 1.807) is 0 Å². The van der Waals surface area contributed by atoms with Gasteiger partial charge in [0, 0.05) is 0 Å². The number of aryl methyl sites for hydroxylation is 4. The Bertz CT molecular complexity index is 587. The molecule has 0 aliphatic heterocycles. The van der Waals surface area contributed by atoms with Crippen molar-refractivity contribution in [2.45, 2.75) is 34.6 Å². The summed E-state index contributed by atoms with van der Waals surface area (Å²) in [5.74, 6) is 1.60. The van der Waals surface area contributed by atoms with Crippen LogP contribution in [0.5, 0.6) is 11.5 Å². The van der Waals surface area contributed by atoms with Crippen molar-refractivity contribution in [3.63, 3.8) is 0 Å². The molecule has 118 valence electrons. The first-order valence-corrected chi connectivity index (χ1v) is 8.52. The molecule has 0 atom stereocenters. The summed E-state index contributed by atoms with van der Waals surface area (Å²) in [6.07, 6.45) is 0. The van der Waals surface area contributed by atoms with Crippen molar-refractivity contribution < 1.29 is 13.6 Å². The van der Waals surface area contributed by atoms with Gasteiger partial charge in [-0.1, -0.05) is 35.4 Å². The Morgan fingerprint density at radius 2 is 1.23 bits per heavy atom. The quantitative estimate of drug-likeness (QED) is 0.645. The fourth-order valence-electron chi connectivity index (χ4n) is 2.14. The summed E-state index contributed by atoms with van der Waals surface area (Å²) in [6.45, 7) is 10.7. The van der Waals surface area contributed by atoms with E-state index >= 15 is 0 Å². The zero-order valence-electron chi connectivity index (χ0n) is 13.8. The van der Waals surface area contributed by atoms with Gasteiger partial charge in [-0.2, -0.15) is 0 Å². The minimum atomic E-state index is -1.47. The lowest BCUT2D eigenvalue weighted by Gasteiger charge is -2.19. The SMILES string of the molecule is CCOP(Oc1ccc(C)cc1C)Oc1ccc(C)cc1C.